The van der Waals surface area contributed by atoms with Gasteiger partial charge in [0.05, 0.1) is 6.42 Å². The van der Waals surface area contributed by atoms with E-state index in [1.54, 1.807) is 25.4 Å². The highest BCUT2D eigenvalue weighted by Crippen LogP contribution is 2.16. The maximum absolute atomic E-state index is 12.3. The summed E-state index contributed by atoms with van der Waals surface area (Å²) in [6, 6.07) is 1.69. The molecule has 1 amide bonds. The minimum atomic E-state index is -0.305. The van der Waals surface area contributed by atoms with Crippen molar-refractivity contribution in [2.45, 2.75) is 26.7 Å². The zero-order valence-electron chi connectivity index (χ0n) is 13.2. The first-order valence-electron chi connectivity index (χ1n) is 7.69. The number of hydrogen-bond donors (Lipinski definition) is 1. The number of aryl methyl sites for hydroxylation is 1. The molecule has 0 radical (unpaired) electrons. The molecule has 1 N–H and O–H groups in total. The minimum Gasteiger partial charge on any atom is -0.342 e. The summed E-state index contributed by atoms with van der Waals surface area (Å²) in [5.41, 5.74) is 0.645. The zero-order valence-corrected chi connectivity index (χ0v) is 13.2. The van der Waals surface area contributed by atoms with E-state index in [-0.39, 0.29) is 17.9 Å². The van der Waals surface area contributed by atoms with Gasteiger partial charge in [-0.05, 0) is 25.3 Å². The molecule has 0 aromatic carbocycles. The highest BCUT2D eigenvalue weighted by Gasteiger charge is 2.24. The first kappa shape index (κ1) is 15.3. The molecule has 1 aliphatic heterocycles. The Morgan fingerprint density at radius 1 is 1.39 bits per heavy atom. The van der Waals surface area contributed by atoms with Crippen LogP contribution in [0.5, 0.6) is 0 Å². The predicted molar refractivity (Wildman–Crippen MR) is 84.7 cm³/mol. The first-order chi connectivity index (χ1) is 11.0. The summed E-state index contributed by atoms with van der Waals surface area (Å²) >= 11 is 0. The van der Waals surface area contributed by atoms with Crippen LogP contribution in [0.1, 0.15) is 24.6 Å². The van der Waals surface area contributed by atoms with Crippen LogP contribution in [0, 0.1) is 12.8 Å². The molecule has 3 rings (SSSR count). The van der Waals surface area contributed by atoms with Crippen LogP contribution >= 0.6 is 0 Å². The zero-order chi connectivity index (χ0) is 16.4. The third-order valence-corrected chi connectivity index (χ3v) is 4.10. The molecule has 0 bridgehead atoms. The first-order valence-corrected chi connectivity index (χ1v) is 7.69. The van der Waals surface area contributed by atoms with Crippen molar-refractivity contribution in [2.24, 2.45) is 5.92 Å². The number of carbonyl (C=O) groups is 1. The molecule has 1 atom stereocenters. The standard InChI is InChI=1S/C16H19N5O2/c1-10-4-7-21(9-10)13(22)8-12-11(2)19-15(20-16(12)23)14-17-5-3-6-18-14/h3,5-6,10H,4,7-9H2,1-2H3,(H,19,20,23). The number of hydrogen-bond acceptors (Lipinski definition) is 5. The van der Waals surface area contributed by atoms with E-state index >= 15 is 0 Å². The molecule has 7 nitrogen and oxygen atoms in total. The number of nitrogens with zero attached hydrogens (tertiary/aromatic N) is 4. The van der Waals surface area contributed by atoms with E-state index in [2.05, 4.69) is 26.9 Å². The van der Waals surface area contributed by atoms with Gasteiger partial charge in [0.25, 0.3) is 5.56 Å². The monoisotopic (exact) mass is 313 g/mol. The molecule has 120 valence electrons. The Morgan fingerprint density at radius 3 is 2.74 bits per heavy atom. The molecule has 1 aliphatic rings. The van der Waals surface area contributed by atoms with E-state index in [1.807, 2.05) is 4.90 Å². The van der Waals surface area contributed by atoms with Crippen molar-refractivity contribution >= 4 is 5.91 Å². The van der Waals surface area contributed by atoms with E-state index in [9.17, 15) is 9.59 Å². The summed E-state index contributed by atoms with van der Waals surface area (Å²) in [4.78, 5) is 41.7. The number of H-pyrrole nitrogens is 1. The summed E-state index contributed by atoms with van der Waals surface area (Å²) in [7, 11) is 0. The highest BCUT2D eigenvalue weighted by molar-refractivity contribution is 5.79. The van der Waals surface area contributed by atoms with Gasteiger partial charge in [-0.25, -0.2) is 15.0 Å². The Morgan fingerprint density at radius 2 is 2.13 bits per heavy atom. The fraction of sp³-hybridized carbons (Fsp3) is 0.438. The number of nitrogens with one attached hydrogen (secondary N) is 1. The average Bonchev–Trinajstić information content (AvgIpc) is 2.98. The molecular formula is C16H19N5O2. The second-order valence-corrected chi connectivity index (χ2v) is 5.96. The number of aromatic nitrogens is 4. The summed E-state index contributed by atoms with van der Waals surface area (Å²) in [5, 5.41) is 0. The van der Waals surface area contributed by atoms with Gasteiger partial charge in [0.1, 0.15) is 0 Å². The average molecular weight is 313 g/mol. The molecule has 1 saturated heterocycles. The minimum absolute atomic E-state index is 0.0199. The van der Waals surface area contributed by atoms with Crippen LogP contribution in [0.15, 0.2) is 23.3 Å². The summed E-state index contributed by atoms with van der Waals surface area (Å²) in [6.07, 6.45) is 4.27. The predicted octanol–water partition coefficient (Wildman–Crippen LogP) is 0.946. The topological polar surface area (TPSA) is 91.8 Å². The highest BCUT2D eigenvalue weighted by atomic mass is 16.2. The maximum Gasteiger partial charge on any atom is 0.255 e. The van der Waals surface area contributed by atoms with E-state index in [0.717, 1.165) is 19.5 Å². The molecule has 2 aromatic heterocycles. The SMILES string of the molecule is Cc1nc(-c2ncccn2)[nH]c(=O)c1CC(=O)N1CCC(C)C1. The summed E-state index contributed by atoms with van der Waals surface area (Å²) in [5.74, 6) is 1.18. The van der Waals surface area contributed by atoms with Gasteiger partial charge in [0.2, 0.25) is 5.91 Å². The summed E-state index contributed by atoms with van der Waals surface area (Å²) in [6.45, 7) is 5.39. The van der Waals surface area contributed by atoms with E-state index < -0.39 is 0 Å². The van der Waals surface area contributed by atoms with Crippen LogP contribution < -0.4 is 5.56 Å². The quantitative estimate of drug-likeness (QED) is 0.910. The Labute approximate surface area is 133 Å². The van der Waals surface area contributed by atoms with Gasteiger partial charge in [0.15, 0.2) is 11.6 Å². The van der Waals surface area contributed by atoms with E-state index in [1.165, 1.54) is 0 Å². The van der Waals surface area contributed by atoms with Crippen molar-refractivity contribution < 1.29 is 4.79 Å². The molecule has 0 aliphatic carbocycles. The number of amides is 1. The third kappa shape index (κ3) is 3.28. The smallest absolute Gasteiger partial charge is 0.255 e. The lowest BCUT2D eigenvalue weighted by atomic mass is 10.1. The number of aromatic amines is 1. The van der Waals surface area contributed by atoms with Crippen molar-refractivity contribution in [3.05, 3.63) is 40.1 Å². The molecule has 7 heteroatoms. The normalized spacial score (nSPS) is 17.5. The molecule has 0 spiro atoms. The second kappa shape index (κ2) is 6.28. The lowest BCUT2D eigenvalue weighted by molar-refractivity contribution is -0.129. The van der Waals surface area contributed by atoms with E-state index in [4.69, 9.17) is 0 Å². The molecule has 0 saturated carbocycles. The van der Waals surface area contributed by atoms with Crippen molar-refractivity contribution in [1.82, 2.24) is 24.8 Å². The Balaban J connectivity index is 1.84. The molecular weight excluding hydrogens is 294 g/mol. The number of likely N-dealkylation sites (tertiary alicyclic amines) is 1. The Bertz CT molecular complexity index is 772. The van der Waals surface area contributed by atoms with Gasteiger partial charge in [-0.2, -0.15) is 0 Å². The van der Waals surface area contributed by atoms with Gasteiger partial charge < -0.3 is 9.88 Å². The maximum atomic E-state index is 12.3. The van der Waals surface area contributed by atoms with Crippen LogP contribution in [-0.4, -0.2) is 43.8 Å². The fourth-order valence-corrected chi connectivity index (χ4v) is 2.77. The van der Waals surface area contributed by atoms with Crippen LogP contribution in [-0.2, 0) is 11.2 Å². The molecule has 23 heavy (non-hydrogen) atoms. The van der Waals surface area contributed by atoms with Crippen LogP contribution in [0.3, 0.4) is 0 Å². The fourth-order valence-electron chi connectivity index (χ4n) is 2.77. The second-order valence-electron chi connectivity index (χ2n) is 5.96. The van der Waals surface area contributed by atoms with E-state index in [0.29, 0.717) is 28.8 Å². The summed E-state index contributed by atoms with van der Waals surface area (Å²) < 4.78 is 0. The molecule has 2 aromatic rings. The van der Waals surface area contributed by atoms with Crippen LogP contribution in [0.2, 0.25) is 0 Å². The van der Waals surface area contributed by atoms with Gasteiger partial charge in [0, 0.05) is 36.7 Å². The Hall–Kier alpha value is -2.57. The van der Waals surface area contributed by atoms with Gasteiger partial charge in [-0.3, -0.25) is 9.59 Å². The van der Waals surface area contributed by atoms with Gasteiger partial charge in [-0.1, -0.05) is 6.92 Å². The van der Waals surface area contributed by atoms with Crippen LogP contribution in [0.4, 0.5) is 0 Å². The largest absolute Gasteiger partial charge is 0.342 e. The molecule has 3 heterocycles. The van der Waals surface area contributed by atoms with Gasteiger partial charge in [-0.15, -0.1) is 0 Å². The molecule has 1 unspecified atom stereocenters. The lowest BCUT2D eigenvalue weighted by Crippen LogP contribution is -2.32. The third-order valence-electron chi connectivity index (χ3n) is 4.10. The number of rotatable bonds is 3. The van der Waals surface area contributed by atoms with Crippen molar-refractivity contribution in [1.29, 1.82) is 0 Å². The molecule has 1 fully saturated rings. The van der Waals surface area contributed by atoms with Crippen LogP contribution in [0.25, 0.3) is 11.6 Å². The lowest BCUT2D eigenvalue weighted by Gasteiger charge is -2.16. The van der Waals surface area contributed by atoms with Crippen molar-refractivity contribution in [3.63, 3.8) is 0 Å². The van der Waals surface area contributed by atoms with Crippen molar-refractivity contribution in [3.8, 4) is 11.6 Å². The van der Waals surface area contributed by atoms with Crippen molar-refractivity contribution in [2.75, 3.05) is 13.1 Å². The van der Waals surface area contributed by atoms with Gasteiger partial charge >= 0.3 is 0 Å². The number of carbonyl (C=O) groups excluding carboxylic acids is 1. The Kier molecular flexibility index (Phi) is 4.18.